The van der Waals surface area contributed by atoms with E-state index < -0.39 is 0 Å². The van der Waals surface area contributed by atoms with Crippen LogP contribution in [0.25, 0.3) is 0 Å². The van der Waals surface area contributed by atoms with E-state index >= 15 is 0 Å². The molecule has 0 amide bonds. The van der Waals surface area contributed by atoms with Gasteiger partial charge in [0.2, 0.25) is 0 Å². The second-order valence-corrected chi connectivity index (χ2v) is 6.43. The number of hydrogen-bond donors (Lipinski definition) is 1. The number of hydrogen-bond acceptors (Lipinski definition) is 1. The molecule has 0 aliphatic rings. The standard InChI is InChI=1S/C21H41N/c1-2-3-4-5-6-7-8-9-10-11-12-13-14-15-16-17-18-19-20-21-22/h9-10,19-20H,2-8,11-18,21-22H2,1H3. The summed E-state index contributed by atoms with van der Waals surface area (Å²) in [5, 5.41) is 0. The molecule has 0 fully saturated rings. The van der Waals surface area contributed by atoms with E-state index in [1.54, 1.807) is 0 Å². The highest BCUT2D eigenvalue weighted by molar-refractivity contribution is 4.82. The molecule has 0 aliphatic heterocycles. The number of allylic oxidation sites excluding steroid dienone is 3. The van der Waals surface area contributed by atoms with E-state index in [-0.39, 0.29) is 0 Å². The van der Waals surface area contributed by atoms with E-state index in [0.717, 1.165) is 0 Å². The molecule has 22 heavy (non-hydrogen) atoms. The summed E-state index contributed by atoms with van der Waals surface area (Å²) in [7, 11) is 0. The Morgan fingerprint density at radius 3 is 1.27 bits per heavy atom. The molecule has 0 unspecified atom stereocenters. The van der Waals surface area contributed by atoms with Crippen molar-refractivity contribution in [1.82, 2.24) is 0 Å². The summed E-state index contributed by atoms with van der Waals surface area (Å²) in [6, 6.07) is 0. The van der Waals surface area contributed by atoms with Crippen LogP contribution >= 0.6 is 0 Å². The highest BCUT2D eigenvalue weighted by Gasteiger charge is 1.90. The van der Waals surface area contributed by atoms with Gasteiger partial charge in [0.15, 0.2) is 0 Å². The van der Waals surface area contributed by atoms with Crippen molar-refractivity contribution < 1.29 is 0 Å². The molecule has 1 heteroatoms. The van der Waals surface area contributed by atoms with Crippen LogP contribution in [0.15, 0.2) is 24.3 Å². The molecule has 0 aromatic rings. The average molecular weight is 308 g/mol. The van der Waals surface area contributed by atoms with Crippen LogP contribution in [0.4, 0.5) is 0 Å². The Kier molecular flexibility index (Phi) is 19.9. The predicted molar refractivity (Wildman–Crippen MR) is 102 cm³/mol. The fourth-order valence-corrected chi connectivity index (χ4v) is 2.72. The zero-order valence-corrected chi connectivity index (χ0v) is 15.2. The Morgan fingerprint density at radius 1 is 0.500 bits per heavy atom. The minimum absolute atomic E-state index is 0.687. The molecule has 0 saturated carbocycles. The Hall–Kier alpha value is -0.560. The van der Waals surface area contributed by atoms with Gasteiger partial charge in [-0.2, -0.15) is 0 Å². The molecule has 0 heterocycles. The van der Waals surface area contributed by atoms with Gasteiger partial charge in [-0.25, -0.2) is 0 Å². The van der Waals surface area contributed by atoms with Gasteiger partial charge in [-0.15, -0.1) is 0 Å². The molecular formula is C21H41N. The highest BCUT2D eigenvalue weighted by atomic mass is 14.5. The van der Waals surface area contributed by atoms with Crippen LogP contribution in [-0.2, 0) is 0 Å². The molecule has 0 rings (SSSR count). The van der Waals surface area contributed by atoms with Crippen LogP contribution in [0.2, 0.25) is 0 Å². The maximum Gasteiger partial charge on any atom is 0.0106 e. The predicted octanol–water partition coefficient (Wildman–Crippen LogP) is 6.93. The second kappa shape index (κ2) is 20.4. The molecule has 0 aromatic carbocycles. The molecule has 130 valence electrons. The zero-order valence-electron chi connectivity index (χ0n) is 15.2. The molecule has 0 aliphatic carbocycles. The molecule has 0 aromatic heterocycles. The molecular weight excluding hydrogens is 266 g/mol. The summed E-state index contributed by atoms with van der Waals surface area (Å²) >= 11 is 0. The van der Waals surface area contributed by atoms with Crippen molar-refractivity contribution in [3.63, 3.8) is 0 Å². The molecule has 1 nitrogen and oxygen atoms in total. The minimum atomic E-state index is 0.687. The highest BCUT2D eigenvalue weighted by Crippen LogP contribution is 2.10. The number of nitrogens with two attached hydrogens (primary N) is 1. The fraction of sp³-hybridized carbons (Fsp3) is 0.810. The first-order valence-corrected chi connectivity index (χ1v) is 9.92. The summed E-state index contributed by atoms with van der Waals surface area (Å²) in [6.07, 6.45) is 29.6. The van der Waals surface area contributed by atoms with E-state index in [0.29, 0.717) is 6.54 Å². The Balaban J connectivity index is 3.06. The molecule has 0 saturated heterocycles. The van der Waals surface area contributed by atoms with Gasteiger partial charge in [0.05, 0.1) is 0 Å². The van der Waals surface area contributed by atoms with Gasteiger partial charge in [-0.05, 0) is 38.5 Å². The lowest BCUT2D eigenvalue weighted by atomic mass is 10.1. The van der Waals surface area contributed by atoms with Gasteiger partial charge in [0.25, 0.3) is 0 Å². The van der Waals surface area contributed by atoms with Gasteiger partial charge in [-0.1, -0.05) is 89.0 Å². The van der Waals surface area contributed by atoms with Crippen LogP contribution < -0.4 is 5.73 Å². The average Bonchev–Trinajstić information content (AvgIpc) is 2.54. The van der Waals surface area contributed by atoms with Crippen molar-refractivity contribution in [2.24, 2.45) is 5.73 Å². The molecule has 0 radical (unpaired) electrons. The SMILES string of the molecule is CCCCCCCCC=CCCCCCCCCC=CCN. The summed E-state index contributed by atoms with van der Waals surface area (Å²) in [6.45, 7) is 2.97. The van der Waals surface area contributed by atoms with Crippen molar-refractivity contribution >= 4 is 0 Å². The zero-order chi connectivity index (χ0) is 16.1. The van der Waals surface area contributed by atoms with Gasteiger partial charge < -0.3 is 5.73 Å². The van der Waals surface area contributed by atoms with Crippen LogP contribution in [0.1, 0.15) is 103 Å². The Labute approximate surface area is 140 Å². The van der Waals surface area contributed by atoms with Gasteiger partial charge in [-0.3, -0.25) is 0 Å². The van der Waals surface area contributed by atoms with E-state index in [9.17, 15) is 0 Å². The van der Waals surface area contributed by atoms with Gasteiger partial charge >= 0.3 is 0 Å². The van der Waals surface area contributed by atoms with E-state index in [1.807, 2.05) is 0 Å². The van der Waals surface area contributed by atoms with Crippen molar-refractivity contribution in [3.05, 3.63) is 24.3 Å². The molecule has 2 N–H and O–H groups in total. The number of rotatable bonds is 17. The maximum absolute atomic E-state index is 5.41. The summed E-state index contributed by atoms with van der Waals surface area (Å²) < 4.78 is 0. The van der Waals surface area contributed by atoms with Crippen molar-refractivity contribution in [2.75, 3.05) is 6.54 Å². The van der Waals surface area contributed by atoms with Crippen LogP contribution in [0.5, 0.6) is 0 Å². The largest absolute Gasteiger partial charge is 0.327 e. The monoisotopic (exact) mass is 307 g/mol. The first-order valence-electron chi connectivity index (χ1n) is 9.92. The van der Waals surface area contributed by atoms with Crippen LogP contribution in [-0.4, -0.2) is 6.54 Å². The Morgan fingerprint density at radius 2 is 0.864 bits per heavy atom. The third-order valence-electron chi connectivity index (χ3n) is 4.19. The van der Waals surface area contributed by atoms with E-state index in [4.69, 9.17) is 5.73 Å². The topological polar surface area (TPSA) is 26.0 Å². The normalized spacial score (nSPS) is 11.9. The quantitative estimate of drug-likeness (QED) is 0.229. The van der Waals surface area contributed by atoms with Crippen LogP contribution in [0.3, 0.4) is 0 Å². The summed E-state index contributed by atoms with van der Waals surface area (Å²) in [5.74, 6) is 0. The maximum atomic E-state index is 5.41. The minimum Gasteiger partial charge on any atom is -0.327 e. The van der Waals surface area contributed by atoms with Crippen molar-refractivity contribution in [2.45, 2.75) is 103 Å². The molecule has 0 bridgehead atoms. The van der Waals surface area contributed by atoms with Gasteiger partial charge in [0, 0.05) is 6.54 Å². The third-order valence-corrected chi connectivity index (χ3v) is 4.19. The second-order valence-electron chi connectivity index (χ2n) is 6.43. The van der Waals surface area contributed by atoms with Crippen LogP contribution in [0, 0.1) is 0 Å². The summed E-state index contributed by atoms with van der Waals surface area (Å²) in [5.41, 5.74) is 5.41. The van der Waals surface area contributed by atoms with Gasteiger partial charge in [0.1, 0.15) is 0 Å². The summed E-state index contributed by atoms with van der Waals surface area (Å²) in [4.78, 5) is 0. The Bertz CT molecular complexity index is 242. The van der Waals surface area contributed by atoms with Crippen molar-refractivity contribution in [3.8, 4) is 0 Å². The molecule has 0 spiro atoms. The number of unbranched alkanes of at least 4 members (excludes halogenated alkanes) is 13. The first-order chi connectivity index (χ1) is 10.9. The molecule has 0 atom stereocenters. The lowest BCUT2D eigenvalue weighted by molar-refractivity contribution is 0.598. The van der Waals surface area contributed by atoms with Crippen molar-refractivity contribution in [1.29, 1.82) is 0 Å². The lowest BCUT2D eigenvalue weighted by Crippen LogP contribution is -1.91. The van der Waals surface area contributed by atoms with E-state index in [2.05, 4.69) is 31.2 Å². The first kappa shape index (κ1) is 21.4. The smallest absolute Gasteiger partial charge is 0.0106 e. The fourth-order valence-electron chi connectivity index (χ4n) is 2.72. The lowest BCUT2D eigenvalue weighted by Gasteiger charge is -1.99. The van der Waals surface area contributed by atoms with E-state index in [1.165, 1.54) is 96.3 Å². The third kappa shape index (κ3) is 19.4.